The van der Waals surface area contributed by atoms with Gasteiger partial charge in [-0.2, -0.15) is 13.2 Å². The number of nitrogens with zero attached hydrogens (tertiary/aromatic N) is 1. The molecule has 8 heteroatoms. The van der Waals surface area contributed by atoms with Crippen LogP contribution in [0, 0.1) is 11.6 Å². The van der Waals surface area contributed by atoms with Crippen molar-refractivity contribution in [2.75, 3.05) is 0 Å². The van der Waals surface area contributed by atoms with E-state index < -0.39 is 28.9 Å². The molecule has 2 nitrogen and oxygen atoms in total. The molecule has 0 bridgehead atoms. The normalized spacial score (nSPS) is 13.6. The monoisotopic (exact) mass is 295 g/mol. The van der Waals surface area contributed by atoms with Gasteiger partial charge in [-0.1, -0.05) is 0 Å². The van der Waals surface area contributed by atoms with Gasteiger partial charge in [-0.05, 0) is 17.7 Å². The summed E-state index contributed by atoms with van der Waals surface area (Å²) in [6, 6.07) is 2.30. The number of aromatic nitrogens is 1. The molecule has 0 aliphatic heterocycles. The lowest BCUT2D eigenvalue weighted by Gasteiger charge is -2.08. The Bertz CT molecular complexity index is 575. The van der Waals surface area contributed by atoms with E-state index in [4.69, 9.17) is 0 Å². The van der Waals surface area contributed by atoms with Gasteiger partial charge in [0.2, 0.25) is 0 Å². The maximum atomic E-state index is 13.0. The van der Waals surface area contributed by atoms with E-state index in [0.717, 1.165) is 18.3 Å². The molecule has 2 aromatic rings. The Labute approximate surface area is 108 Å². The van der Waals surface area contributed by atoms with E-state index in [-0.39, 0.29) is 21.8 Å². The molecule has 0 saturated heterocycles. The van der Waals surface area contributed by atoms with Crippen LogP contribution < -0.4 is 0 Å². The molecule has 1 aromatic carbocycles. The summed E-state index contributed by atoms with van der Waals surface area (Å²) in [5.41, 5.74) is -0.171. The number of hydrogen-bond donors (Lipinski definition) is 1. The number of aliphatic hydroxyl groups is 1. The maximum absolute atomic E-state index is 13.0. The zero-order chi connectivity index (χ0) is 14.2. The van der Waals surface area contributed by atoms with Crippen molar-refractivity contribution in [1.29, 1.82) is 0 Å². The molecule has 1 N–H and O–H groups in total. The fraction of sp³-hybridized carbons (Fsp3) is 0.182. The van der Waals surface area contributed by atoms with E-state index in [1.165, 1.54) is 0 Å². The fourth-order valence-corrected chi connectivity index (χ4v) is 2.24. The molecule has 2 rings (SSSR count). The highest BCUT2D eigenvalue weighted by atomic mass is 32.1. The lowest BCUT2D eigenvalue weighted by Crippen LogP contribution is -2.03. The molecule has 0 spiro atoms. The van der Waals surface area contributed by atoms with Crippen LogP contribution >= 0.6 is 11.3 Å². The van der Waals surface area contributed by atoms with Crippen molar-refractivity contribution in [2.24, 2.45) is 0 Å². The molecule has 1 atom stereocenters. The van der Waals surface area contributed by atoms with Crippen LogP contribution in [0.4, 0.5) is 22.0 Å². The van der Waals surface area contributed by atoms with Crippen LogP contribution in [0.25, 0.3) is 0 Å². The molecule has 0 fully saturated rings. The van der Waals surface area contributed by atoms with Crippen molar-refractivity contribution in [2.45, 2.75) is 12.3 Å². The van der Waals surface area contributed by atoms with Crippen molar-refractivity contribution >= 4 is 11.3 Å². The van der Waals surface area contributed by atoms with Crippen LogP contribution in [0.1, 0.15) is 21.6 Å². The van der Waals surface area contributed by atoms with Gasteiger partial charge in [0.05, 0.1) is 4.88 Å². The first-order valence-corrected chi connectivity index (χ1v) is 5.76. The standard InChI is InChI=1S/C11H6F5NOS/c12-6-1-5(2-7(13)3-6)9(18)8-4-17-10(19-8)11(14,15)16/h1-4,9,18H. The lowest BCUT2D eigenvalue weighted by molar-refractivity contribution is -0.137. The molecule has 0 aliphatic carbocycles. The van der Waals surface area contributed by atoms with E-state index in [1.807, 2.05) is 0 Å². The Morgan fingerprint density at radius 3 is 2.16 bits per heavy atom. The van der Waals surface area contributed by atoms with Crippen LogP contribution in [-0.2, 0) is 6.18 Å². The minimum absolute atomic E-state index is 0.141. The Hall–Kier alpha value is -1.54. The Balaban J connectivity index is 2.33. The van der Waals surface area contributed by atoms with Crippen LogP contribution in [-0.4, -0.2) is 10.1 Å². The molecule has 0 radical (unpaired) electrons. The van der Waals surface area contributed by atoms with Gasteiger partial charge in [-0.15, -0.1) is 11.3 Å². The highest BCUT2D eigenvalue weighted by Crippen LogP contribution is 2.36. The molecular weight excluding hydrogens is 289 g/mol. The first kappa shape index (κ1) is 13.9. The van der Waals surface area contributed by atoms with Gasteiger partial charge in [0.1, 0.15) is 17.7 Å². The number of benzene rings is 1. The summed E-state index contributed by atoms with van der Waals surface area (Å²) in [7, 11) is 0. The number of alkyl halides is 3. The molecular formula is C11H6F5NOS. The summed E-state index contributed by atoms with van der Waals surface area (Å²) in [6.07, 6.45) is -5.34. The van der Waals surface area contributed by atoms with Crippen molar-refractivity contribution < 1.29 is 27.1 Å². The lowest BCUT2D eigenvalue weighted by atomic mass is 10.1. The van der Waals surface area contributed by atoms with Gasteiger partial charge in [-0.25, -0.2) is 13.8 Å². The minimum Gasteiger partial charge on any atom is -0.383 e. The molecule has 1 aromatic heterocycles. The topological polar surface area (TPSA) is 33.1 Å². The second-order valence-electron chi connectivity index (χ2n) is 3.67. The summed E-state index contributed by atoms with van der Waals surface area (Å²) >= 11 is 0.223. The van der Waals surface area contributed by atoms with Crippen molar-refractivity contribution in [3.05, 3.63) is 51.5 Å². The first-order valence-electron chi connectivity index (χ1n) is 4.94. The highest BCUT2D eigenvalue weighted by molar-refractivity contribution is 7.11. The largest absolute Gasteiger partial charge is 0.443 e. The van der Waals surface area contributed by atoms with Gasteiger partial charge >= 0.3 is 6.18 Å². The Morgan fingerprint density at radius 2 is 1.68 bits per heavy atom. The third kappa shape index (κ3) is 3.07. The SMILES string of the molecule is OC(c1cc(F)cc(F)c1)c1cnc(C(F)(F)F)s1. The molecule has 0 amide bonds. The van der Waals surface area contributed by atoms with Gasteiger partial charge in [0.25, 0.3) is 0 Å². The zero-order valence-electron chi connectivity index (χ0n) is 9.08. The van der Waals surface area contributed by atoms with E-state index in [1.54, 1.807) is 0 Å². The fourth-order valence-electron chi connectivity index (χ4n) is 1.44. The first-order chi connectivity index (χ1) is 8.77. The second-order valence-corrected chi connectivity index (χ2v) is 4.73. The van der Waals surface area contributed by atoms with E-state index in [0.29, 0.717) is 6.07 Å². The smallest absolute Gasteiger partial charge is 0.383 e. The molecule has 0 aliphatic rings. The van der Waals surface area contributed by atoms with Crippen molar-refractivity contribution in [3.8, 4) is 0 Å². The molecule has 0 saturated carbocycles. The second kappa shape index (κ2) is 4.86. The third-order valence-electron chi connectivity index (χ3n) is 2.24. The van der Waals surface area contributed by atoms with Crippen molar-refractivity contribution in [3.63, 3.8) is 0 Å². The van der Waals surface area contributed by atoms with Crippen LogP contribution in [0.15, 0.2) is 24.4 Å². The van der Waals surface area contributed by atoms with E-state index in [2.05, 4.69) is 4.98 Å². The number of thiazole rings is 1. The molecule has 1 heterocycles. The average molecular weight is 295 g/mol. The van der Waals surface area contributed by atoms with E-state index >= 15 is 0 Å². The van der Waals surface area contributed by atoms with Crippen LogP contribution in [0.3, 0.4) is 0 Å². The number of halogens is 5. The summed E-state index contributed by atoms with van der Waals surface area (Å²) in [4.78, 5) is 2.98. The van der Waals surface area contributed by atoms with Crippen LogP contribution in [0.5, 0.6) is 0 Å². The summed E-state index contributed by atoms with van der Waals surface area (Å²) in [6.45, 7) is 0. The predicted molar refractivity (Wildman–Crippen MR) is 57.5 cm³/mol. The van der Waals surface area contributed by atoms with Gasteiger partial charge in [-0.3, -0.25) is 0 Å². The van der Waals surface area contributed by atoms with E-state index in [9.17, 15) is 27.1 Å². The Morgan fingerprint density at radius 1 is 1.11 bits per heavy atom. The van der Waals surface area contributed by atoms with Gasteiger partial charge < -0.3 is 5.11 Å². The highest BCUT2D eigenvalue weighted by Gasteiger charge is 2.35. The minimum atomic E-state index is -4.62. The van der Waals surface area contributed by atoms with Crippen LogP contribution in [0.2, 0.25) is 0 Å². The molecule has 19 heavy (non-hydrogen) atoms. The molecule has 1 unspecified atom stereocenters. The van der Waals surface area contributed by atoms with Gasteiger partial charge in [0, 0.05) is 12.3 Å². The van der Waals surface area contributed by atoms with Gasteiger partial charge in [0.15, 0.2) is 5.01 Å². The summed E-state index contributed by atoms with van der Waals surface area (Å²) in [5, 5.41) is 8.66. The quantitative estimate of drug-likeness (QED) is 0.860. The number of rotatable bonds is 2. The third-order valence-corrected chi connectivity index (χ3v) is 3.33. The average Bonchev–Trinajstić information content (AvgIpc) is 2.75. The summed E-state index contributed by atoms with van der Waals surface area (Å²) < 4.78 is 62.9. The maximum Gasteiger partial charge on any atom is 0.443 e. The zero-order valence-corrected chi connectivity index (χ0v) is 9.90. The Kier molecular flexibility index (Phi) is 3.55. The predicted octanol–water partition coefficient (Wildman–Crippen LogP) is 3.52. The molecule has 102 valence electrons. The number of hydrogen-bond acceptors (Lipinski definition) is 3. The number of aliphatic hydroxyl groups excluding tert-OH is 1. The van der Waals surface area contributed by atoms with Crippen molar-refractivity contribution in [1.82, 2.24) is 4.98 Å². The summed E-state index contributed by atoms with van der Waals surface area (Å²) in [5.74, 6) is -1.84.